The summed E-state index contributed by atoms with van der Waals surface area (Å²) in [5, 5.41) is -0.0607. The van der Waals surface area contributed by atoms with Gasteiger partial charge in [0.2, 0.25) is 9.04 Å². The fraction of sp³-hybridized carbons (Fsp3) is 1.00. The molecule has 2 unspecified atom stereocenters. The molecule has 0 aliphatic carbocycles. The van der Waals surface area contributed by atoms with Gasteiger partial charge in [0.05, 0.1) is 5.22 Å². The number of rotatable bonds is 8. The molecule has 3 nitrogen and oxygen atoms in total. The predicted molar refractivity (Wildman–Crippen MR) is 82.1 cm³/mol. The minimum atomic E-state index is -1.96. The summed E-state index contributed by atoms with van der Waals surface area (Å²) in [4.78, 5) is 9.96. The first-order valence-electron chi connectivity index (χ1n) is 6.57. The Bertz CT molecular complexity index is 218. The summed E-state index contributed by atoms with van der Waals surface area (Å²) in [7, 11) is -2.61. The van der Waals surface area contributed by atoms with Crippen LogP contribution in [-0.2, 0) is 8.85 Å². The lowest BCUT2D eigenvalue weighted by molar-refractivity contribution is 0.141. The minimum absolute atomic E-state index is 0.0607. The predicted octanol–water partition coefficient (Wildman–Crippen LogP) is 2.26. The lowest BCUT2D eigenvalue weighted by Gasteiger charge is -2.37. The monoisotopic (exact) mass is 294 g/mol. The number of hydrogen-bond donors (Lipinski definition) is 1. The van der Waals surface area contributed by atoms with Crippen LogP contribution in [0.5, 0.6) is 0 Å². The summed E-state index contributed by atoms with van der Waals surface area (Å²) in [6, 6.07) is 1.95. The average Bonchev–Trinajstić information content (AvgIpc) is 2.15. The van der Waals surface area contributed by atoms with Crippen LogP contribution in [0.25, 0.3) is 0 Å². The van der Waals surface area contributed by atoms with Gasteiger partial charge in [-0.25, -0.2) is 0 Å². The molecule has 0 rings (SSSR count). The summed E-state index contributed by atoms with van der Waals surface area (Å²) < 4.78 is 12.0. The molecule has 0 aromatic carbocycles. The Morgan fingerprint density at radius 2 is 1.82 bits per heavy atom. The van der Waals surface area contributed by atoms with Gasteiger partial charge in [0.15, 0.2) is 17.4 Å². The molecule has 2 atom stereocenters. The van der Waals surface area contributed by atoms with Gasteiger partial charge in [-0.15, -0.1) is 0 Å². The first-order valence-corrected chi connectivity index (χ1v) is 14.4. The van der Waals surface area contributed by atoms with Crippen molar-refractivity contribution in [3.05, 3.63) is 0 Å². The molecule has 1 N–H and O–H groups in total. The molecular formula is C11H30O3Si3. The Kier molecular flexibility index (Phi) is 7.43. The van der Waals surface area contributed by atoms with E-state index in [1.54, 1.807) is 0 Å². The van der Waals surface area contributed by atoms with E-state index < -0.39 is 26.4 Å². The Morgan fingerprint density at radius 3 is 2.12 bits per heavy atom. The van der Waals surface area contributed by atoms with E-state index in [1.807, 2.05) is 20.2 Å². The zero-order valence-corrected chi connectivity index (χ0v) is 15.8. The standard InChI is InChI=1S/C11H30O3Si3/c1-8-11(2,14-15(4)5)16(13-3)9-10-17(6,7)12/h12,15-16H,8-10H2,1-7H3. The van der Waals surface area contributed by atoms with E-state index in [1.165, 1.54) is 0 Å². The third-order valence-electron chi connectivity index (χ3n) is 3.19. The molecular weight excluding hydrogens is 264 g/mol. The Morgan fingerprint density at radius 1 is 1.29 bits per heavy atom. The second-order valence-corrected chi connectivity index (χ2v) is 15.6. The van der Waals surface area contributed by atoms with Crippen molar-refractivity contribution >= 4 is 26.4 Å². The third kappa shape index (κ3) is 6.88. The maximum absolute atomic E-state index is 9.96. The van der Waals surface area contributed by atoms with E-state index in [0.717, 1.165) is 18.5 Å². The topological polar surface area (TPSA) is 38.7 Å². The zero-order valence-electron chi connectivity index (χ0n) is 12.5. The molecule has 0 aromatic rings. The van der Waals surface area contributed by atoms with Gasteiger partial charge in [-0.2, -0.15) is 0 Å². The molecule has 0 fully saturated rings. The summed E-state index contributed by atoms with van der Waals surface area (Å²) >= 11 is 0. The van der Waals surface area contributed by atoms with Crippen LogP contribution in [0, 0.1) is 0 Å². The van der Waals surface area contributed by atoms with Gasteiger partial charge in [0, 0.05) is 7.11 Å². The first kappa shape index (κ1) is 17.5. The second kappa shape index (κ2) is 7.20. The molecule has 17 heavy (non-hydrogen) atoms. The summed E-state index contributed by atoms with van der Waals surface area (Å²) in [6.07, 6.45) is 1.01. The highest BCUT2D eigenvalue weighted by Crippen LogP contribution is 2.26. The average molecular weight is 295 g/mol. The molecule has 0 heterocycles. The highest BCUT2D eigenvalue weighted by atomic mass is 28.4. The summed E-state index contributed by atoms with van der Waals surface area (Å²) in [5.74, 6) is 0. The fourth-order valence-corrected chi connectivity index (χ4v) is 10.4. The van der Waals surface area contributed by atoms with Crippen LogP contribution in [0.4, 0.5) is 0 Å². The van der Waals surface area contributed by atoms with Crippen molar-refractivity contribution < 1.29 is 13.6 Å². The van der Waals surface area contributed by atoms with Gasteiger partial charge >= 0.3 is 0 Å². The third-order valence-corrected chi connectivity index (χ3v) is 9.85. The van der Waals surface area contributed by atoms with Crippen LogP contribution in [0.3, 0.4) is 0 Å². The van der Waals surface area contributed by atoms with Gasteiger partial charge in [-0.05, 0) is 51.6 Å². The minimum Gasteiger partial charge on any atom is -0.432 e. The molecule has 0 saturated carbocycles. The Hall–Kier alpha value is 0.531. The molecule has 0 saturated heterocycles. The van der Waals surface area contributed by atoms with Crippen molar-refractivity contribution in [3.8, 4) is 0 Å². The van der Waals surface area contributed by atoms with Crippen molar-refractivity contribution in [2.75, 3.05) is 7.11 Å². The largest absolute Gasteiger partial charge is 0.432 e. The first-order chi connectivity index (χ1) is 7.64. The van der Waals surface area contributed by atoms with Gasteiger partial charge in [-0.3, -0.25) is 0 Å². The molecule has 0 amide bonds. The van der Waals surface area contributed by atoms with Gasteiger partial charge < -0.3 is 13.6 Å². The van der Waals surface area contributed by atoms with Crippen molar-refractivity contribution in [2.24, 2.45) is 0 Å². The van der Waals surface area contributed by atoms with Crippen LogP contribution in [0.1, 0.15) is 20.3 Å². The zero-order chi connectivity index (χ0) is 13.7. The van der Waals surface area contributed by atoms with Crippen molar-refractivity contribution in [1.82, 2.24) is 0 Å². The number of hydrogen-bond acceptors (Lipinski definition) is 3. The van der Waals surface area contributed by atoms with E-state index in [2.05, 4.69) is 26.9 Å². The Labute approximate surface area is 111 Å². The SMILES string of the molecule is CCC(C)(O[SiH](C)C)[SiH](CC[Si](C)(C)O)OC. The van der Waals surface area contributed by atoms with Gasteiger partial charge in [0.25, 0.3) is 0 Å². The van der Waals surface area contributed by atoms with Crippen molar-refractivity contribution in [2.45, 2.75) is 63.8 Å². The van der Waals surface area contributed by atoms with Crippen molar-refractivity contribution in [1.29, 1.82) is 0 Å². The van der Waals surface area contributed by atoms with E-state index in [-0.39, 0.29) is 5.22 Å². The molecule has 104 valence electrons. The van der Waals surface area contributed by atoms with Gasteiger partial charge in [0.1, 0.15) is 0 Å². The smallest absolute Gasteiger partial charge is 0.206 e. The fourth-order valence-electron chi connectivity index (χ4n) is 2.08. The van der Waals surface area contributed by atoms with Gasteiger partial charge in [-0.1, -0.05) is 6.92 Å². The van der Waals surface area contributed by atoms with Crippen LogP contribution in [0.15, 0.2) is 0 Å². The van der Waals surface area contributed by atoms with E-state index in [0.29, 0.717) is 0 Å². The van der Waals surface area contributed by atoms with Crippen LogP contribution < -0.4 is 0 Å². The quantitative estimate of drug-likeness (QED) is 0.698. The highest BCUT2D eigenvalue weighted by Gasteiger charge is 2.37. The molecule has 0 spiro atoms. The molecule has 0 bridgehead atoms. The molecule has 0 aromatic heterocycles. The van der Waals surface area contributed by atoms with E-state index in [4.69, 9.17) is 8.85 Å². The molecule has 0 radical (unpaired) electrons. The molecule has 0 aliphatic rings. The summed E-state index contributed by atoms with van der Waals surface area (Å²) in [6.45, 7) is 12.8. The normalized spacial score (nSPS) is 18.2. The molecule has 0 aliphatic heterocycles. The van der Waals surface area contributed by atoms with E-state index in [9.17, 15) is 4.80 Å². The Balaban J connectivity index is 4.58. The van der Waals surface area contributed by atoms with Crippen LogP contribution in [-0.4, -0.2) is 43.5 Å². The maximum Gasteiger partial charge on any atom is 0.206 e. The second-order valence-electron chi connectivity index (χ2n) is 5.91. The maximum atomic E-state index is 9.96. The highest BCUT2D eigenvalue weighted by molar-refractivity contribution is 6.71. The summed E-state index contributed by atoms with van der Waals surface area (Å²) in [5.41, 5.74) is 0. The van der Waals surface area contributed by atoms with Crippen LogP contribution >= 0.6 is 0 Å². The van der Waals surface area contributed by atoms with E-state index >= 15 is 0 Å². The lowest BCUT2D eigenvalue weighted by Crippen LogP contribution is -2.49. The lowest BCUT2D eigenvalue weighted by atomic mass is 10.3. The van der Waals surface area contributed by atoms with Crippen molar-refractivity contribution in [3.63, 3.8) is 0 Å². The van der Waals surface area contributed by atoms with Crippen LogP contribution in [0.2, 0.25) is 38.3 Å². The molecule has 6 heteroatoms.